The van der Waals surface area contributed by atoms with Crippen molar-refractivity contribution in [3.63, 3.8) is 0 Å². The number of nitrogens with two attached hydrogens (primary N) is 1. The standard InChI is InChI=1S/C7H5F2NO.2ClH/c8-4-1-2-6(9)5(3-4)7(10)11;;/h1-3H,(H2,10,11);2*1H. The van der Waals surface area contributed by atoms with Gasteiger partial charge in [-0.25, -0.2) is 8.78 Å². The average molecular weight is 230 g/mol. The number of rotatable bonds is 1. The molecule has 0 aliphatic heterocycles. The SMILES string of the molecule is Cl.Cl.NC(=O)c1cc(F)ccc1F. The normalized spacial score (nSPS) is 8.15. The third-order valence-corrected chi connectivity index (χ3v) is 1.19. The van der Waals surface area contributed by atoms with E-state index in [1.807, 2.05) is 0 Å². The fourth-order valence-corrected chi connectivity index (χ4v) is 0.686. The highest BCUT2D eigenvalue weighted by Crippen LogP contribution is 2.07. The molecule has 2 N–H and O–H groups in total. The fourth-order valence-electron chi connectivity index (χ4n) is 0.686. The van der Waals surface area contributed by atoms with Gasteiger partial charge in [0.2, 0.25) is 0 Å². The summed E-state index contributed by atoms with van der Waals surface area (Å²) in [5.74, 6) is -2.46. The van der Waals surface area contributed by atoms with Crippen molar-refractivity contribution >= 4 is 30.7 Å². The van der Waals surface area contributed by atoms with Gasteiger partial charge >= 0.3 is 0 Å². The van der Waals surface area contributed by atoms with E-state index in [0.717, 1.165) is 18.2 Å². The minimum Gasteiger partial charge on any atom is -0.366 e. The van der Waals surface area contributed by atoms with Gasteiger partial charge in [-0.15, -0.1) is 24.8 Å². The molecular formula is C7H7Cl2F2NO. The maximum atomic E-state index is 12.6. The van der Waals surface area contributed by atoms with Crippen LogP contribution < -0.4 is 5.73 Å². The van der Waals surface area contributed by atoms with Crippen molar-refractivity contribution in [1.82, 2.24) is 0 Å². The molecule has 0 radical (unpaired) electrons. The van der Waals surface area contributed by atoms with E-state index in [-0.39, 0.29) is 24.8 Å². The quantitative estimate of drug-likeness (QED) is 0.786. The Morgan fingerprint density at radius 1 is 1.23 bits per heavy atom. The number of carbonyl (C=O) groups excluding carboxylic acids is 1. The highest BCUT2D eigenvalue weighted by Gasteiger charge is 2.07. The van der Waals surface area contributed by atoms with Crippen LogP contribution in [0.3, 0.4) is 0 Å². The number of halogens is 4. The Balaban J connectivity index is 0. The fraction of sp³-hybridized carbons (Fsp3) is 0. The summed E-state index contributed by atoms with van der Waals surface area (Å²) in [7, 11) is 0. The molecule has 0 fully saturated rings. The number of hydrogen-bond acceptors (Lipinski definition) is 1. The van der Waals surface area contributed by atoms with Crippen molar-refractivity contribution in [3.05, 3.63) is 35.4 Å². The Hall–Kier alpha value is -0.870. The van der Waals surface area contributed by atoms with Crippen LogP contribution >= 0.6 is 24.8 Å². The number of benzene rings is 1. The summed E-state index contributed by atoms with van der Waals surface area (Å²) in [4.78, 5) is 10.4. The summed E-state index contributed by atoms with van der Waals surface area (Å²) < 4.78 is 24.9. The molecule has 0 aromatic heterocycles. The largest absolute Gasteiger partial charge is 0.366 e. The molecule has 1 amide bonds. The van der Waals surface area contributed by atoms with Crippen LogP contribution in [0.2, 0.25) is 0 Å². The second-order valence-electron chi connectivity index (χ2n) is 1.99. The topological polar surface area (TPSA) is 43.1 Å². The molecule has 0 atom stereocenters. The zero-order chi connectivity index (χ0) is 8.43. The van der Waals surface area contributed by atoms with Gasteiger partial charge in [-0.05, 0) is 18.2 Å². The number of hydrogen-bond donors (Lipinski definition) is 1. The van der Waals surface area contributed by atoms with Crippen LogP contribution in [0.15, 0.2) is 18.2 Å². The Morgan fingerprint density at radius 2 is 1.77 bits per heavy atom. The molecule has 2 nitrogen and oxygen atoms in total. The van der Waals surface area contributed by atoms with Gasteiger partial charge in [-0.1, -0.05) is 0 Å². The molecule has 1 rings (SSSR count). The third-order valence-electron chi connectivity index (χ3n) is 1.19. The maximum absolute atomic E-state index is 12.6. The van der Waals surface area contributed by atoms with Gasteiger partial charge in [0.05, 0.1) is 5.56 Å². The van der Waals surface area contributed by atoms with Gasteiger partial charge < -0.3 is 5.73 Å². The molecule has 0 spiro atoms. The van der Waals surface area contributed by atoms with Crippen molar-refractivity contribution in [1.29, 1.82) is 0 Å². The summed E-state index contributed by atoms with van der Waals surface area (Å²) in [6, 6.07) is 2.54. The number of carbonyl (C=O) groups is 1. The zero-order valence-electron chi connectivity index (χ0n) is 6.29. The van der Waals surface area contributed by atoms with Crippen molar-refractivity contribution in [2.24, 2.45) is 5.73 Å². The zero-order valence-corrected chi connectivity index (χ0v) is 7.92. The molecule has 0 aliphatic carbocycles. The van der Waals surface area contributed by atoms with E-state index in [1.54, 1.807) is 0 Å². The first-order valence-electron chi connectivity index (χ1n) is 2.86. The van der Waals surface area contributed by atoms with Gasteiger partial charge in [0.15, 0.2) is 0 Å². The summed E-state index contributed by atoms with van der Waals surface area (Å²) in [6.45, 7) is 0. The summed E-state index contributed by atoms with van der Waals surface area (Å²) in [6.07, 6.45) is 0. The second kappa shape index (κ2) is 5.72. The maximum Gasteiger partial charge on any atom is 0.251 e. The van der Waals surface area contributed by atoms with Gasteiger partial charge in [0, 0.05) is 0 Å². The highest BCUT2D eigenvalue weighted by atomic mass is 35.5. The molecule has 0 heterocycles. The summed E-state index contributed by atoms with van der Waals surface area (Å²) >= 11 is 0. The molecule has 6 heteroatoms. The lowest BCUT2D eigenvalue weighted by molar-refractivity contribution is 0.0996. The lowest BCUT2D eigenvalue weighted by atomic mass is 10.2. The van der Waals surface area contributed by atoms with Crippen molar-refractivity contribution < 1.29 is 13.6 Å². The first-order valence-corrected chi connectivity index (χ1v) is 2.86. The van der Waals surface area contributed by atoms with E-state index in [2.05, 4.69) is 0 Å². The Morgan fingerprint density at radius 3 is 2.15 bits per heavy atom. The van der Waals surface area contributed by atoms with Crippen molar-refractivity contribution in [2.75, 3.05) is 0 Å². The second-order valence-corrected chi connectivity index (χ2v) is 1.99. The first-order chi connectivity index (χ1) is 5.11. The monoisotopic (exact) mass is 229 g/mol. The van der Waals surface area contributed by atoms with Gasteiger partial charge in [0.1, 0.15) is 11.6 Å². The molecule has 0 unspecified atom stereocenters. The smallest absolute Gasteiger partial charge is 0.251 e. The summed E-state index contributed by atoms with van der Waals surface area (Å²) in [5, 5.41) is 0. The Kier molecular flexibility index (Phi) is 6.44. The van der Waals surface area contributed by atoms with Crippen LogP contribution in [0.5, 0.6) is 0 Å². The molecule has 74 valence electrons. The van der Waals surface area contributed by atoms with Crippen molar-refractivity contribution in [2.45, 2.75) is 0 Å². The van der Waals surface area contributed by atoms with Crippen LogP contribution in [0.25, 0.3) is 0 Å². The highest BCUT2D eigenvalue weighted by molar-refractivity contribution is 5.92. The minimum absolute atomic E-state index is 0. The van der Waals surface area contributed by atoms with E-state index in [9.17, 15) is 13.6 Å². The number of primary amides is 1. The third kappa shape index (κ3) is 3.57. The molecule has 0 saturated carbocycles. The van der Waals surface area contributed by atoms with Gasteiger partial charge in [-0.3, -0.25) is 4.79 Å². The van der Waals surface area contributed by atoms with E-state index in [4.69, 9.17) is 5.73 Å². The first kappa shape index (κ1) is 14.6. The van der Waals surface area contributed by atoms with E-state index in [1.165, 1.54) is 0 Å². The van der Waals surface area contributed by atoms with Crippen LogP contribution in [0.4, 0.5) is 8.78 Å². The van der Waals surface area contributed by atoms with E-state index >= 15 is 0 Å². The van der Waals surface area contributed by atoms with Crippen LogP contribution in [-0.2, 0) is 0 Å². The predicted octanol–water partition coefficient (Wildman–Crippen LogP) is 1.91. The van der Waals surface area contributed by atoms with E-state index < -0.39 is 23.1 Å². The van der Waals surface area contributed by atoms with E-state index in [0.29, 0.717) is 0 Å². The van der Waals surface area contributed by atoms with Gasteiger partial charge in [-0.2, -0.15) is 0 Å². The molecule has 13 heavy (non-hydrogen) atoms. The lowest BCUT2D eigenvalue weighted by Gasteiger charge is -1.96. The van der Waals surface area contributed by atoms with Crippen LogP contribution in [-0.4, -0.2) is 5.91 Å². The van der Waals surface area contributed by atoms with Gasteiger partial charge in [0.25, 0.3) is 5.91 Å². The van der Waals surface area contributed by atoms with Crippen LogP contribution in [0, 0.1) is 11.6 Å². The predicted molar refractivity (Wildman–Crippen MR) is 49.4 cm³/mol. The molecule has 1 aromatic carbocycles. The summed E-state index contributed by atoms with van der Waals surface area (Å²) in [5.41, 5.74) is 4.31. The molecule has 0 aliphatic rings. The Bertz CT molecular complexity index is 307. The van der Waals surface area contributed by atoms with Crippen LogP contribution in [0.1, 0.15) is 10.4 Å². The molecule has 1 aromatic rings. The van der Waals surface area contributed by atoms with Crippen molar-refractivity contribution in [3.8, 4) is 0 Å². The average Bonchev–Trinajstić information content (AvgIpc) is 1.94. The number of amides is 1. The molecule has 0 bridgehead atoms. The Labute approximate surface area is 85.9 Å². The molecule has 0 saturated heterocycles. The molecular weight excluding hydrogens is 223 g/mol. The lowest BCUT2D eigenvalue weighted by Crippen LogP contribution is -2.13. The minimum atomic E-state index is -0.970.